The van der Waals surface area contributed by atoms with Gasteiger partial charge < -0.3 is 9.84 Å². The summed E-state index contributed by atoms with van der Waals surface area (Å²) < 4.78 is 5.62. The quantitative estimate of drug-likeness (QED) is 0.368. The predicted molar refractivity (Wildman–Crippen MR) is 117 cm³/mol. The fourth-order valence-electron chi connectivity index (χ4n) is 3.49. The fraction of sp³-hybridized carbons (Fsp3) is 0.375. The minimum Gasteiger partial charge on any atom is -0.368 e. The van der Waals surface area contributed by atoms with Crippen LogP contribution in [0.1, 0.15) is 43.5 Å². The van der Waals surface area contributed by atoms with Gasteiger partial charge in [-0.2, -0.15) is 0 Å². The van der Waals surface area contributed by atoms with Crippen LogP contribution in [0.5, 0.6) is 0 Å². The average Bonchev–Trinajstić information content (AvgIpc) is 2.69. The number of aliphatic hydroxyl groups excluding tert-OH is 1. The molecule has 0 saturated carbocycles. The first-order valence-electron chi connectivity index (χ1n) is 10.0. The number of hydrogen-bond acceptors (Lipinski definition) is 3. The molecule has 2 aromatic carbocycles. The topological polar surface area (TPSA) is 42.4 Å². The van der Waals surface area contributed by atoms with Gasteiger partial charge in [-0.15, -0.1) is 0 Å². The lowest BCUT2D eigenvalue weighted by Crippen LogP contribution is -2.17. The van der Waals surface area contributed by atoms with Crippen molar-refractivity contribution in [1.29, 1.82) is 0 Å². The van der Waals surface area contributed by atoms with Crippen molar-refractivity contribution in [2.24, 2.45) is 0 Å². The second-order valence-corrected chi connectivity index (χ2v) is 7.60. The van der Waals surface area contributed by atoms with Crippen LogP contribution >= 0.6 is 11.6 Å². The van der Waals surface area contributed by atoms with Gasteiger partial charge in [-0.25, -0.2) is 0 Å². The monoisotopic (exact) mass is 397 g/mol. The third-order valence-corrected chi connectivity index (χ3v) is 5.32. The molecule has 4 heteroatoms. The number of aryl methyl sites for hydroxylation is 2. The molecule has 28 heavy (non-hydrogen) atoms. The van der Waals surface area contributed by atoms with E-state index in [1.54, 1.807) is 0 Å². The van der Waals surface area contributed by atoms with Gasteiger partial charge in [-0.05, 0) is 66.3 Å². The smallest absolute Gasteiger partial charge is 0.158 e. The zero-order chi connectivity index (χ0) is 20.1. The maximum atomic E-state index is 10.5. The van der Waals surface area contributed by atoms with E-state index in [0.717, 1.165) is 58.1 Å². The largest absolute Gasteiger partial charge is 0.368 e. The summed E-state index contributed by atoms with van der Waals surface area (Å²) in [6.07, 6.45) is 2.51. The van der Waals surface area contributed by atoms with Crippen molar-refractivity contribution in [3.63, 3.8) is 0 Å². The van der Waals surface area contributed by atoms with Crippen molar-refractivity contribution in [3.05, 3.63) is 64.3 Å². The van der Waals surface area contributed by atoms with Crippen LogP contribution in [0.15, 0.2) is 42.5 Å². The van der Waals surface area contributed by atoms with Gasteiger partial charge in [0, 0.05) is 29.1 Å². The van der Waals surface area contributed by atoms with Crippen LogP contribution in [0.25, 0.3) is 22.0 Å². The number of aliphatic hydroxyl groups is 1. The number of benzene rings is 2. The van der Waals surface area contributed by atoms with Crippen LogP contribution in [-0.4, -0.2) is 23.0 Å². The molecule has 0 fully saturated rings. The van der Waals surface area contributed by atoms with Crippen molar-refractivity contribution in [2.75, 3.05) is 6.61 Å². The summed E-state index contributed by atoms with van der Waals surface area (Å²) in [6, 6.07) is 14.2. The Morgan fingerprint density at radius 1 is 1.11 bits per heavy atom. The summed E-state index contributed by atoms with van der Waals surface area (Å²) in [5.41, 5.74) is 6.41. The van der Waals surface area contributed by atoms with Crippen molar-refractivity contribution in [2.45, 2.75) is 52.7 Å². The lowest BCUT2D eigenvalue weighted by atomic mass is 9.89. The molecular weight excluding hydrogens is 370 g/mol. The summed E-state index contributed by atoms with van der Waals surface area (Å²) in [6.45, 7) is 6.87. The first-order chi connectivity index (χ1) is 13.5. The zero-order valence-corrected chi connectivity index (χ0v) is 17.6. The molecule has 3 rings (SSSR count). The van der Waals surface area contributed by atoms with E-state index in [2.05, 4.69) is 39.0 Å². The van der Waals surface area contributed by atoms with E-state index >= 15 is 0 Å². The molecule has 0 bridgehead atoms. The number of unbranched alkanes of at least 4 members (excludes halogenated alkanes) is 1. The summed E-state index contributed by atoms with van der Waals surface area (Å²) in [5, 5.41) is 12.3. The van der Waals surface area contributed by atoms with E-state index in [0.29, 0.717) is 18.1 Å². The number of hydrogen-bond donors (Lipinski definition) is 1. The third-order valence-electron chi connectivity index (χ3n) is 5.06. The second kappa shape index (κ2) is 9.51. The van der Waals surface area contributed by atoms with E-state index in [-0.39, 0.29) is 0 Å². The Balaban J connectivity index is 2.11. The molecule has 0 spiro atoms. The van der Waals surface area contributed by atoms with Crippen molar-refractivity contribution >= 4 is 22.5 Å². The SMILES string of the molecule is CCCCOC(O)Cc1c(C)cc2nc(CC)ccc2c1-c1ccc(Cl)cc1. The van der Waals surface area contributed by atoms with Crippen LogP contribution in [0.2, 0.25) is 5.02 Å². The van der Waals surface area contributed by atoms with E-state index in [1.807, 2.05) is 24.3 Å². The summed E-state index contributed by atoms with van der Waals surface area (Å²) in [4.78, 5) is 4.82. The molecule has 0 aliphatic carbocycles. The molecule has 0 amide bonds. The van der Waals surface area contributed by atoms with Gasteiger partial charge in [0.2, 0.25) is 0 Å². The molecule has 3 aromatic rings. The molecule has 1 unspecified atom stereocenters. The van der Waals surface area contributed by atoms with Crippen molar-refractivity contribution < 1.29 is 9.84 Å². The minimum absolute atomic E-state index is 0.443. The molecule has 0 saturated heterocycles. The lowest BCUT2D eigenvalue weighted by Gasteiger charge is -2.20. The Hall–Kier alpha value is -1.94. The Morgan fingerprint density at radius 2 is 1.86 bits per heavy atom. The molecule has 3 nitrogen and oxygen atoms in total. The molecule has 1 aromatic heterocycles. The third kappa shape index (κ3) is 4.72. The zero-order valence-electron chi connectivity index (χ0n) is 16.8. The maximum Gasteiger partial charge on any atom is 0.158 e. The van der Waals surface area contributed by atoms with Crippen LogP contribution in [-0.2, 0) is 17.6 Å². The van der Waals surface area contributed by atoms with Crippen molar-refractivity contribution in [3.8, 4) is 11.1 Å². The molecule has 1 atom stereocenters. The van der Waals surface area contributed by atoms with Gasteiger partial charge in [0.25, 0.3) is 0 Å². The minimum atomic E-state index is -0.823. The van der Waals surface area contributed by atoms with Gasteiger partial charge in [-0.3, -0.25) is 4.98 Å². The number of nitrogens with zero attached hydrogens (tertiary/aromatic N) is 1. The van der Waals surface area contributed by atoms with Crippen LogP contribution in [0.4, 0.5) is 0 Å². The number of fused-ring (bicyclic) bond motifs is 1. The number of rotatable bonds is 8. The Kier molecular flexibility index (Phi) is 7.06. The molecule has 1 heterocycles. The number of halogens is 1. The lowest BCUT2D eigenvalue weighted by molar-refractivity contribution is -0.0980. The molecule has 1 N–H and O–H groups in total. The van der Waals surface area contributed by atoms with E-state index < -0.39 is 6.29 Å². The van der Waals surface area contributed by atoms with Crippen LogP contribution in [0.3, 0.4) is 0 Å². The highest BCUT2D eigenvalue weighted by Gasteiger charge is 2.17. The summed E-state index contributed by atoms with van der Waals surface area (Å²) in [5.74, 6) is 0. The van der Waals surface area contributed by atoms with E-state index in [4.69, 9.17) is 21.3 Å². The normalized spacial score (nSPS) is 12.5. The van der Waals surface area contributed by atoms with Gasteiger partial charge in [0.1, 0.15) is 0 Å². The highest BCUT2D eigenvalue weighted by molar-refractivity contribution is 6.30. The van der Waals surface area contributed by atoms with E-state index in [9.17, 15) is 5.11 Å². The molecule has 0 radical (unpaired) electrons. The van der Waals surface area contributed by atoms with Gasteiger partial charge in [0.05, 0.1) is 5.52 Å². The van der Waals surface area contributed by atoms with Gasteiger partial charge in [0.15, 0.2) is 6.29 Å². The highest BCUT2D eigenvalue weighted by atomic mass is 35.5. The number of aromatic nitrogens is 1. The average molecular weight is 398 g/mol. The van der Waals surface area contributed by atoms with Gasteiger partial charge in [-0.1, -0.05) is 50.1 Å². The predicted octanol–water partition coefficient (Wildman–Crippen LogP) is 6.10. The van der Waals surface area contributed by atoms with Crippen LogP contribution < -0.4 is 0 Å². The molecule has 0 aliphatic rings. The molecular formula is C24H28ClNO2. The van der Waals surface area contributed by atoms with Crippen LogP contribution in [0, 0.1) is 6.92 Å². The second-order valence-electron chi connectivity index (χ2n) is 7.16. The molecule has 0 aliphatic heterocycles. The summed E-state index contributed by atoms with van der Waals surface area (Å²) >= 11 is 6.11. The number of pyridine rings is 1. The summed E-state index contributed by atoms with van der Waals surface area (Å²) in [7, 11) is 0. The number of ether oxygens (including phenoxy) is 1. The Labute approximate surface area is 172 Å². The van der Waals surface area contributed by atoms with Crippen molar-refractivity contribution in [1.82, 2.24) is 4.98 Å². The first-order valence-corrected chi connectivity index (χ1v) is 10.4. The highest BCUT2D eigenvalue weighted by Crippen LogP contribution is 2.35. The Bertz CT molecular complexity index is 937. The van der Waals surface area contributed by atoms with E-state index in [1.165, 1.54) is 0 Å². The first kappa shape index (κ1) is 20.8. The Morgan fingerprint density at radius 3 is 2.54 bits per heavy atom. The fourth-order valence-corrected chi connectivity index (χ4v) is 3.62. The standard InChI is InChI=1S/C24H28ClNO2/c1-4-6-13-28-23(27)15-21-16(3)14-22-20(12-11-19(5-2)26-22)24(21)17-7-9-18(25)10-8-17/h7-12,14,23,27H,4-6,13,15H2,1-3H3. The van der Waals surface area contributed by atoms with Gasteiger partial charge >= 0.3 is 0 Å². The molecule has 148 valence electrons. The maximum absolute atomic E-state index is 10.5.